The summed E-state index contributed by atoms with van der Waals surface area (Å²) in [7, 11) is 0. The average molecular weight is 347 g/mol. The molecule has 1 saturated heterocycles. The predicted octanol–water partition coefficient (Wildman–Crippen LogP) is 5.57. The normalized spacial score (nSPS) is 20.6. The van der Waals surface area contributed by atoms with Gasteiger partial charge in [-0.1, -0.05) is 55.8 Å². The molecule has 2 nitrogen and oxygen atoms in total. The lowest BCUT2D eigenvalue weighted by Crippen LogP contribution is -2.32. The number of fused-ring (bicyclic) bond motifs is 6. The fraction of sp³-hybridized carbons (Fsp3) is 0.417. The lowest BCUT2D eigenvalue weighted by Gasteiger charge is -2.24. The molecule has 2 aliphatic heterocycles. The number of hydrogen-bond acceptors (Lipinski definition) is 1. The van der Waals surface area contributed by atoms with Gasteiger partial charge in [0.15, 0.2) is 0 Å². The number of rotatable bonds is 3. The molecule has 1 aromatic heterocycles. The summed E-state index contributed by atoms with van der Waals surface area (Å²) in [6.07, 6.45) is 4.91. The second kappa shape index (κ2) is 7.28. The van der Waals surface area contributed by atoms with Gasteiger partial charge in [0.05, 0.1) is 0 Å². The molecule has 0 spiro atoms. The second-order valence-corrected chi connectivity index (χ2v) is 7.47. The maximum Gasteiger partial charge on any atom is 0.0486 e. The predicted molar refractivity (Wildman–Crippen MR) is 111 cm³/mol. The van der Waals surface area contributed by atoms with Crippen molar-refractivity contribution in [2.24, 2.45) is 0 Å². The summed E-state index contributed by atoms with van der Waals surface area (Å²) in [5, 5.41) is 5.31. The van der Waals surface area contributed by atoms with Gasteiger partial charge in [0.25, 0.3) is 0 Å². The molecule has 2 bridgehead atoms. The summed E-state index contributed by atoms with van der Waals surface area (Å²) < 4.78 is 2.61. The van der Waals surface area contributed by atoms with Gasteiger partial charge in [-0.05, 0) is 49.4 Å². The van der Waals surface area contributed by atoms with Crippen LogP contribution in [0.3, 0.4) is 0 Å². The van der Waals surface area contributed by atoms with Gasteiger partial charge in [-0.2, -0.15) is 0 Å². The Morgan fingerprint density at radius 2 is 1.85 bits per heavy atom. The quantitative estimate of drug-likeness (QED) is 0.656. The molecule has 0 radical (unpaired) electrons. The van der Waals surface area contributed by atoms with Crippen LogP contribution in [-0.4, -0.2) is 10.6 Å². The molecule has 26 heavy (non-hydrogen) atoms. The minimum absolute atomic E-state index is 0.570. The smallest absolute Gasteiger partial charge is 0.0486 e. The molecule has 136 valence electrons. The van der Waals surface area contributed by atoms with Crippen LogP contribution in [-0.2, 0) is 19.4 Å². The van der Waals surface area contributed by atoms with Crippen molar-refractivity contribution in [1.82, 2.24) is 9.88 Å². The molecule has 2 aliphatic rings. The van der Waals surface area contributed by atoms with Gasteiger partial charge in [-0.15, -0.1) is 0 Å². The summed E-state index contributed by atoms with van der Waals surface area (Å²) in [5.74, 6) is 0. The lowest BCUT2D eigenvalue weighted by atomic mass is 9.98. The van der Waals surface area contributed by atoms with E-state index in [1.54, 1.807) is 11.3 Å². The Balaban J connectivity index is 0.000000814. The van der Waals surface area contributed by atoms with Crippen molar-refractivity contribution in [3.63, 3.8) is 0 Å². The zero-order chi connectivity index (χ0) is 18.1. The summed E-state index contributed by atoms with van der Waals surface area (Å²) in [4.78, 5) is 0. The van der Waals surface area contributed by atoms with Gasteiger partial charge in [0.2, 0.25) is 0 Å². The average Bonchev–Trinajstić information content (AvgIpc) is 3.21. The first kappa shape index (κ1) is 17.4. The number of hydrogen-bond donors (Lipinski definition) is 1. The Labute approximate surface area is 157 Å². The molecule has 1 N–H and O–H groups in total. The van der Waals surface area contributed by atoms with Crippen molar-refractivity contribution in [3.8, 4) is 0 Å². The lowest BCUT2D eigenvalue weighted by molar-refractivity contribution is 0.495. The molecule has 1 fully saturated rings. The Morgan fingerprint density at radius 1 is 1.04 bits per heavy atom. The summed E-state index contributed by atoms with van der Waals surface area (Å²) in [6, 6.07) is 19.1. The highest BCUT2D eigenvalue weighted by Crippen LogP contribution is 2.42. The van der Waals surface area contributed by atoms with Gasteiger partial charge >= 0.3 is 0 Å². The van der Waals surface area contributed by atoms with Crippen LogP contribution in [0.4, 0.5) is 0 Å². The van der Waals surface area contributed by atoms with E-state index < -0.39 is 0 Å². The third kappa shape index (κ3) is 2.97. The molecule has 5 rings (SSSR count). The number of aryl methyl sites for hydroxylation is 3. The van der Waals surface area contributed by atoms with E-state index in [0.717, 1.165) is 13.0 Å². The number of benzene rings is 2. The van der Waals surface area contributed by atoms with Crippen molar-refractivity contribution in [3.05, 3.63) is 70.9 Å². The van der Waals surface area contributed by atoms with Crippen LogP contribution in [0, 0.1) is 6.92 Å². The van der Waals surface area contributed by atoms with Crippen molar-refractivity contribution in [1.29, 1.82) is 0 Å². The van der Waals surface area contributed by atoms with Crippen LogP contribution >= 0.6 is 0 Å². The van der Waals surface area contributed by atoms with Crippen molar-refractivity contribution < 1.29 is 0 Å². The third-order valence-electron chi connectivity index (χ3n) is 5.87. The zero-order valence-electron chi connectivity index (χ0n) is 16.3. The summed E-state index contributed by atoms with van der Waals surface area (Å²) >= 11 is 0. The monoisotopic (exact) mass is 346 g/mol. The van der Waals surface area contributed by atoms with Gasteiger partial charge in [0, 0.05) is 41.6 Å². The first-order chi connectivity index (χ1) is 12.8. The first-order valence-corrected chi connectivity index (χ1v) is 10.2. The molecule has 0 amide bonds. The van der Waals surface area contributed by atoms with E-state index in [9.17, 15) is 0 Å². The van der Waals surface area contributed by atoms with E-state index >= 15 is 0 Å². The van der Waals surface area contributed by atoms with E-state index in [0.29, 0.717) is 12.1 Å². The molecule has 2 atom stereocenters. The van der Waals surface area contributed by atoms with E-state index in [1.807, 2.05) is 13.8 Å². The van der Waals surface area contributed by atoms with Crippen LogP contribution in [0.1, 0.15) is 55.1 Å². The highest BCUT2D eigenvalue weighted by Gasteiger charge is 2.36. The molecule has 0 aliphatic carbocycles. The van der Waals surface area contributed by atoms with Gasteiger partial charge in [0.1, 0.15) is 0 Å². The molecular weight excluding hydrogens is 316 g/mol. The molecule has 2 unspecified atom stereocenters. The third-order valence-corrected chi connectivity index (χ3v) is 5.87. The van der Waals surface area contributed by atoms with Gasteiger partial charge in [-0.25, -0.2) is 0 Å². The minimum Gasteiger partial charge on any atom is -0.344 e. The molecule has 2 heteroatoms. The maximum atomic E-state index is 3.83. The van der Waals surface area contributed by atoms with Gasteiger partial charge < -0.3 is 9.88 Å². The maximum absolute atomic E-state index is 3.83. The fourth-order valence-corrected chi connectivity index (χ4v) is 4.74. The Hall–Kier alpha value is -2.06. The number of aromatic nitrogens is 1. The SMILES string of the molecule is CC.Cc1ccc2c(c1)c1c(n2CCc2ccccc2)CC2CCC1N2. The van der Waals surface area contributed by atoms with E-state index in [2.05, 4.69) is 65.3 Å². The van der Waals surface area contributed by atoms with Crippen LogP contribution < -0.4 is 5.32 Å². The highest BCUT2D eigenvalue weighted by molar-refractivity contribution is 5.87. The van der Waals surface area contributed by atoms with Gasteiger partial charge in [-0.3, -0.25) is 0 Å². The van der Waals surface area contributed by atoms with Crippen molar-refractivity contribution in [2.75, 3.05) is 0 Å². The Bertz CT molecular complexity index is 891. The van der Waals surface area contributed by atoms with E-state index in [4.69, 9.17) is 0 Å². The fourth-order valence-electron chi connectivity index (χ4n) is 4.74. The topological polar surface area (TPSA) is 17.0 Å². The molecule has 3 aromatic rings. The van der Waals surface area contributed by atoms with Crippen LogP contribution in [0.15, 0.2) is 48.5 Å². The molecule has 3 heterocycles. The molecular formula is C24H30N2. The first-order valence-electron chi connectivity index (χ1n) is 10.2. The largest absolute Gasteiger partial charge is 0.344 e. The standard InChI is InChI=1S/C22H24N2.C2H6/c1-15-7-10-20-18(13-15)22-19-9-8-17(23-19)14-21(22)24(20)12-11-16-5-3-2-4-6-16;1-2/h2-7,10,13,17,19,23H,8-9,11-12,14H2,1H3;1-2H3. The Kier molecular flexibility index (Phi) is 4.86. The highest BCUT2D eigenvalue weighted by atomic mass is 15.1. The number of nitrogens with one attached hydrogen (secondary N) is 1. The van der Waals surface area contributed by atoms with Crippen molar-refractivity contribution in [2.45, 2.75) is 65.1 Å². The van der Waals surface area contributed by atoms with Crippen LogP contribution in [0.25, 0.3) is 10.9 Å². The van der Waals surface area contributed by atoms with Crippen molar-refractivity contribution >= 4 is 10.9 Å². The van der Waals surface area contributed by atoms with E-state index in [-0.39, 0.29) is 0 Å². The summed E-state index contributed by atoms with van der Waals surface area (Å²) in [6.45, 7) is 7.29. The Morgan fingerprint density at radius 3 is 2.65 bits per heavy atom. The minimum atomic E-state index is 0.570. The molecule has 2 aromatic carbocycles. The second-order valence-electron chi connectivity index (χ2n) is 7.47. The number of nitrogens with zero attached hydrogens (tertiary/aromatic N) is 1. The van der Waals surface area contributed by atoms with Crippen LogP contribution in [0.5, 0.6) is 0 Å². The zero-order valence-corrected chi connectivity index (χ0v) is 16.3. The summed E-state index contributed by atoms with van der Waals surface area (Å²) in [5.41, 5.74) is 7.41. The van der Waals surface area contributed by atoms with Crippen LogP contribution in [0.2, 0.25) is 0 Å². The molecule has 0 saturated carbocycles. The van der Waals surface area contributed by atoms with E-state index in [1.165, 1.54) is 41.3 Å².